The van der Waals surface area contributed by atoms with E-state index in [0.29, 0.717) is 21.9 Å². The molecular weight excluding hydrogens is 643 g/mol. The molecule has 31 heavy (non-hydrogen) atoms. The lowest BCUT2D eigenvalue weighted by atomic mass is 10.2. The highest BCUT2D eigenvalue weighted by molar-refractivity contribution is 14.1. The van der Waals surface area contributed by atoms with Gasteiger partial charge in [-0.05, 0) is 98.9 Å². The highest BCUT2D eigenvalue weighted by atomic mass is 127. The fourth-order valence-corrected chi connectivity index (χ4v) is 5.95. The number of halogens is 3. The minimum absolute atomic E-state index is 0.119. The van der Waals surface area contributed by atoms with Crippen LogP contribution < -0.4 is 9.64 Å². The summed E-state index contributed by atoms with van der Waals surface area (Å²) in [5.74, 6) is 0.00312. The first kappa shape index (κ1) is 22.3. The Morgan fingerprint density at radius 1 is 0.968 bits per heavy atom. The van der Waals surface area contributed by atoms with Gasteiger partial charge < -0.3 is 4.74 Å². The summed E-state index contributed by atoms with van der Waals surface area (Å²) in [6.07, 6.45) is 1.71. The van der Waals surface area contributed by atoms with Gasteiger partial charge in [0.05, 0.1) is 17.7 Å². The maximum Gasteiger partial charge on any atom is 0.298 e. The number of anilines is 1. The van der Waals surface area contributed by atoms with Crippen molar-refractivity contribution >= 4 is 79.9 Å². The Morgan fingerprint density at radius 2 is 1.61 bits per heavy atom. The Kier molecular flexibility index (Phi) is 6.97. The van der Waals surface area contributed by atoms with Crippen molar-refractivity contribution in [2.75, 3.05) is 4.90 Å². The van der Waals surface area contributed by atoms with Crippen LogP contribution in [0, 0.1) is 13.0 Å². The summed E-state index contributed by atoms with van der Waals surface area (Å²) in [6.45, 7) is 0.119. The Hall–Kier alpha value is -1.92. The van der Waals surface area contributed by atoms with Crippen molar-refractivity contribution in [2.45, 2.75) is 6.61 Å². The van der Waals surface area contributed by atoms with Crippen LogP contribution in [-0.2, 0) is 11.4 Å². The first-order valence-electron chi connectivity index (χ1n) is 9.12. The van der Waals surface area contributed by atoms with Crippen LogP contribution in [0.4, 0.5) is 14.9 Å². The molecule has 3 aromatic rings. The van der Waals surface area contributed by atoms with E-state index < -0.39 is 0 Å². The minimum atomic E-state index is -0.342. The summed E-state index contributed by atoms with van der Waals surface area (Å²) in [5.41, 5.74) is 1.81. The Balaban J connectivity index is 1.56. The molecule has 1 heterocycles. The van der Waals surface area contributed by atoms with Crippen LogP contribution in [-0.4, -0.2) is 11.1 Å². The number of hydrogen-bond acceptors (Lipinski definition) is 4. The first-order chi connectivity index (χ1) is 14.9. The monoisotopic (exact) mass is 657 g/mol. The number of amides is 2. The highest BCUT2D eigenvalue weighted by Crippen LogP contribution is 2.37. The molecule has 1 saturated heterocycles. The maximum atomic E-state index is 13.9. The van der Waals surface area contributed by atoms with E-state index in [-0.39, 0.29) is 23.6 Å². The summed E-state index contributed by atoms with van der Waals surface area (Å²) < 4.78 is 21.4. The Bertz CT molecular complexity index is 1180. The van der Waals surface area contributed by atoms with E-state index in [1.165, 1.54) is 11.0 Å². The molecule has 1 aliphatic heterocycles. The summed E-state index contributed by atoms with van der Waals surface area (Å²) in [7, 11) is 0. The van der Waals surface area contributed by atoms with Crippen LogP contribution in [0.1, 0.15) is 11.1 Å². The van der Waals surface area contributed by atoms with Crippen LogP contribution in [0.5, 0.6) is 5.75 Å². The van der Waals surface area contributed by atoms with Crippen LogP contribution in [0.2, 0.25) is 0 Å². The SMILES string of the molecule is O=C1S/C(=C\c2cc(I)c(OCc3ccccc3F)c(I)c2)C(=O)N1c1ccccc1. The molecule has 3 aromatic carbocycles. The second kappa shape index (κ2) is 9.70. The van der Waals surface area contributed by atoms with Gasteiger partial charge in [0.15, 0.2) is 0 Å². The minimum Gasteiger partial charge on any atom is -0.487 e. The van der Waals surface area contributed by atoms with E-state index in [1.54, 1.807) is 48.5 Å². The quantitative estimate of drug-likeness (QED) is 0.223. The zero-order valence-electron chi connectivity index (χ0n) is 15.8. The molecule has 0 aliphatic carbocycles. The number of imide groups is 1. The van der Waals surface area contributed by atoms with Crippen molar-refractivity contribution in [1.29, 1.82) is 0 Å². The molecule has 0 bridgehead atoms. The molecule has 0 spiro atoms. The predicted molar refractivity (Wildman–Crippen MR) is 137 cm³/mol. The van der Waals surface area contributed by atoms with Gasteiger partial charge in [-0.25, -0.2) is 9.29 Å². The molecule has 4 rings (SSSR count). The van der Waals surface area contributed by atoms with E-state index in [2.05, 4.69) is 45.2 Å². The normalized spacial score (nSPS) is 15.1. The fraction of sp³-hybridized carbons (Fsp3) is 0.0435. The van der Waals surface area contributed by atoms with Crippen molar-refractivity contribution in [1.82, 2.24) is 0 Å². The van der Waals surface area contributed by atoms with E-state index in [9.17, 15) is 14.0 Å². The molecule has 8 heteroatoms. The number of para-hydroxylation sites is 1. The highest BCUT2D eigenvalue weighted by Gasteiger charge is 2.36. The first-order valence-corrected chi connectivity index (χ1v) is 12.1. The second-order valence-corrected chi connectivity index (χ2v) is 9.86. The van der Waals surface area contributed by atoms with E-state index in [4.69, 9.17) is 4.74 Å². The van der Waals surface area contributed by atoms with Crippen molar-refractivity contribution < 1.29 is 18.7 Å². The maximum absolute atomic E-state index is 13.9. The predicted octanol–water partition coefficient (Wildman–Crippen LogP) is 6.85. The fourth-order valence-electron chi connectivity index (χ4n) is 2.98. The lowest BCUT2D eigenvalue weighted by molar-refractivity contribution is -0.113. The number of ether oxygens (including phenoxy) is 1. The van der Waals surface area contributed by atoms with Gasteiger partial charge >= 0.3 is 0 Å². The largest absolute Gasteiger partial charge is 0.487 e. The topological polar surface area (TPSA) is 46.6 Å². The number of carbonyl (C=O) groups excluding carboxylic acids is 2. The Labute approximate surface area is 210 Å². The zero-order chi connectivity index (χ0) is 22.0. The number of nitrogens with zero attached hydrogens (tertiary/aromatic N) is 1. The second-order valence-electron chi connectivity index (χ2n) is 6.55. The third-order valence-electron chi connectivity index (χ3n) is 4.46. The molecule has 0 unspecified atom stereocenters. The summed E-state index contributed by atoms with van der Waals surface area (Å²) in [4.78, 5) is 26.7. The number of carbonyl (C=O) groups is 2. The van der Waals surface area contributed by atoms with Gasteiger partial charge in [-0.15, -0.1) is 0 Å². The average molecular weight is 657 g/mol. The van der Waals surface area contributed by atoms with Gasteiger partial charge in [-0.1, -0.05) is 36.4 Å². The summed E-state index contributed by atoms with van der Waals surface area (Å²) in [6, 6.07) is 19.1. The smallest absolute Gasteiger partial charge is 0.298 e. The third kappa shape index (κ3) is 4.96. The van der Waals surface area contributed by atoms with E-state index in [1.807, 2.05) is 18.2 Å². The standard InChI is InChI=1S/C23H14FI2NO3S/c24-17-9-5-4-6-15(17)13-30-21-18(25)10-14(11-19(21)26)12-20-22(28)27(23(29)31-20)16-7-2-1-3-8-16/h1-12H,13H2/b20-12-. The number of thioether (sulfide) groups is 1. The lowest BCUT2D eigenvalue weighted by Crippen LogP contribution is -2.27. The molecule has 1 aliphatic rings. The molecule has 2 amide bonds. The molecule has 0 atom stereocenters. The van der Waals surface area contributed by atoms with Crippen molar-refractivity contribution in [3.63, 3.8) is 0 Å². The summed E-state index contributed by atoms with van der Waals surface area (Å²) in [5, 5.41) is -0.323. The van der Waals surface area contributed by atoms with Crippen LogP contribution in [0.15, 0.2) is 71.6 Å². The molecule has 1 fully saturated rings. The number of rotatable bonds is 5. The van der Waals surface area contributed by atoms with Gasteiger partial charge in [0.1, 0.15) is 18.2 Å². The van der Waals surface area contributed by atoms with Crippen LogP contribution in [0.25, 0.3) is 6.08 Å². The number of benzene rings is 3. The van der Waals surface area contributed by atoms with Gasteiger partial charge in [-0.2, -0.15) is 0 Å². The van der Waals surface area contributed by atoms with Crippen molar-refractivity contribution in [2.24, 2.45) is 0 Å². The molecule has 0 aromatic heterocycles. The molecule has 4 nitrogen and oxygen atoms in total. The van der Waals surface area contributed by atoms with E-state index in [0.717, 1.165) is 24.5 Å². The molecule has 0 N–H and O–H groups in total. The molecular formula is C23H14FI2NO3S. The van der Waals surface area contributed by atoms with Crippen LogP contribution >= 0.6 is 56.9 Å². The van der Waals surface area contributed by atoms with E-state index >= 15 is 0 Å². The lowest BCUT2D eigenvalue weighted by Gasteiger charge is -2.12. The Morgan fingerprint density at radius 3 is 2.29 bits per heavy atom. The molecule has 0 radical (unpaired) electrons. The van der Waals surface area contributed by atoms with Gasteiger partial charge in [0.25, 0.3) is 11.1 Å². The van der Waals surface area contributed by atoms with Gasteiger partial charge in [0, 0.05) is 5.56 Å². The summed E-state index contributed by atoms with van der Waals surface area (Å²) >= 11 is 5.22. The molecule has 0 saturated carbocycles. The van der Waals surface area contributed by atoms with Crippen molar-refractivity contribution in [3.05, 3.63) is 95.7 Å². The van der Waals surface area contributed by atoms with Gasteiger partial charge in [0.2, 0.25) is 0 Å². The van der Waals surface area contributed by atoms with Crippen molar-refractivity contribution in [3.8, 4) is 5.75 Å². The van der Waals surface area contributed by atoms with Crippen LogP contribution in [0.3, 0.4) is 0 Å². The molecule has 156 valence electrons. The number of hydrogen-bond donors (Lipinski definition) is 0. The third-order valence-corrected chi connectivity index (χ3v) is 6.93. The zero-order valence-corrected chi connectivity index (χ0v) is 21.0. The average Bonchev–Trinajstić information content (AvgIpc) is 3.02. The van der Waals surface area contributed by atoms with Gasteiger partial charge in [-0.3, -0.25) is 9.59 Å².